The van der Waals surface area contributed by atoms with Crippen LogP contribution in [0.3, 0.4) is 0 Å². The van der Waals surface area contributed by atoms with E-state index >= 15 is 0 Å². The molecule has 4 aromatic rings. The fraction of sp³-hybridized carbons (Fsp3) is 0.150. The number of aromatic amines is 1. The minimum atomic E-state index is -0.492. The number of Topliss-reactive ketones (excluding diaryl/α,β-unsaturated/α-hetero) is 1. The molecule has 0 bridgehead atoms. The van der Waals surface area contributed by atoms with Crippen molar-refractivity contribution >= 4 is 45.5 Å². The number of carbonyl (C=O) groups excluding carboxylic acids is 2. The van der Waals surface area contributed by atoms with Crippen LogP contribution in [0.5, 0.6) is 0 Å². The van der Waals surface area contributed by atoms with Gasteiger partial charge in [-0.05, 0) is 25.1 Å². The molecule has 6 nitrogen and oxygen atoms in total. The maximum absolute atomic E-state index is 12.5. The first-order chi connectivity index (χ1) is 13.1. The van der Waals surface area contributed by atoms with E-state index in [0.29, 0.717) is 16.4 Å². The van der Waals surface area contributed by atoms with Crippen molar-refractivity contribution in [2.24, 2.45) is 0 Å². The number of benzene rings is 2. The molecular weight excluding hydrogens is 364 g/mol. The quantitative estimate of drug-likeness (QED) is 0.307. The highest BCUT2D eigenvalue weighted by Gasteiger charge is 2.18. The van der Waals surface area contributed by atoms with Crippen molar-refractivity contribution in [1.82, 2.24) is 9.97 Å². The summed E-state index contributed by atoms with van der Waals surface area (Å²) in [5, 5.41) is 1.23. The lowest BCUT2D eigenvalue weighted by Crippen LogP contribution is -2.16. The normalized spacial score (nSPS) is 11.1. The maximum Gasteiger partial charge on any atom is 0.316 e. The minimum absolute atomic E-state index is 0.0208. The molecule has 4 rings (SSSR count). The molecule has 136 valence electrons. The van der Waals surface area contributed by atoms with Gasteiger partial charge in [0.1, 0.15) is 11.3 Å². The zero-order valence-corrected chi connectivity index (χ0v) is 15.3. The fourth-order valence-corrected chi connectivity index (χ4v) is 3.57. The number of ketones is 1. The van der Waals surface area contributed by atoms with Gasteiger partial charge < -0.3 is 14.1 Å². The van der Waals surface area contributed by atoms with Crippen molar-refractivity contribution in [1.29, 1.82) is 0 Å². The van der Waals surface area contributed by atoms with Crippen LogP contribution in [0.1, 0.15) is 16.1 Å². The Morgan fingerprint density at radius 3 is 2.78 bits per heavy atom. The van der Waals surface area contributed by atoms with Gasteiger partial charge in [0.05, 0.1) is 0 Å². The SMILES string of the molecule is Cc1[nH]c2ccccc2c1C(=O)COC(=O)CSc1nc2ccccc2o1. The van der Waals surface area contributed by atoms with Crippen molar-refractivity contribution in [3.8, 4) is 0 Å². The van der Waals surface area contributed by atoms with Crippen molar-refractivity contribution in [2.75, 3.05) is 12.4 Å². The van der Waals surface area contributed by atoms with Crippen molar-refractivity contribution in [3.63, 3.8) is 0 Å². The number of H-pyrrole nitrogens is 1. The molecule has 0 saturated carbocycles. The van der Waals surface area contributed by atoms with Gasteiger partial charge in [-0.1, -0.05) is 42.1 Å². The van der Waals surface area contributed by atoms with Gasteiger partial charge in [-0.25, -0.2) is 4.98 Å². The zero-order chi connectivity index (χ0) is 18.8. The van der Waals surface area contributed by atoms with Crippen molar-refractivity contribution in [3.05, 3.63) is 59.8 Å². The topological polar surface area (TPSA) is 85.2 Å². The number of nitrogens with one attached hydrogen (secondary N) is 1. The highest BCUT2D eigenvalue weighted by Crippen LogP contribution is 2.24. The molecule has 0 saturated heterocycles. The van der Waals surface area contributed by atoms with Crippen LogP contribution in [0.2, 0.25) is 0 Å². The van der Waals surface area contributed by atoms with Gasteiger partial charge >= 0.3 is 5.97 Å². The lowest BCUT2D eigenvalue weighted by atomic mass is 10.1. The van der Waals surface area contributed by atoms with Crippen LogP contribution in [0.4, 0.5) is 0 Å². The number of para-hydroxylation sites is 3. The second-order valence-electron chi connectivity index (χ2n) is 5.99. The monoisotopic (exact) mass is 380 g/mol. The lowest BCUT2D eigenvalue weighted by Gasteiger charge is -2.04. The molecule has 0 unspecified atom stereocenters. The molecule has 0 amide bonds. The summed E-state index contributed by atoms with van der Waals surface area (Å²) in [5.74, 6) is -0.703. The number of hydrogen-bond donors (Lipinski definition) is 1. The molecule has 0 atom stereocenters. The molecule has 0 aliphatic carbocycles. The number of carbonyl (C=O) groups is 2. The van der Waals surface area contributed by atoms with E-state index in [4.69, 9.17) is 9.15 Å². The van der Waals surface area contributed by atoms with Crippen molar-refractivity contribution < 1.29 is 18.7 Å². The second-order valence-corrected chi connectivity index (χ2v) is 6.92. The van der Waals surface area contributed by atoms with Crippen LogP contribution in [0.15, 0.2) is 58.2 Å². The smallest absolute Gasteiger partial charge is 0.316 e. The summed E-state index contributed by atoms with van der Waals surface area (Å²) in [6.45, 7) is 1.54. The average molecular weight is 380 g/mol. The number of esters is 1. The van der Waals surface area contributed by atoms with E-state index in [-0.39, 0.29) is 18.1 Å². The van der Waals surface area contributed by atoms with E-state index < -0.39 is 5.97 Å². The van der Waals surface area contributed by atoms with Crippen LogP contribution in [-0.4, -0.2) is 34.1 Å². The third kappa shape index (κ3) is 3.59. The van der Waals surface area contributed by atoms with Crippen LogP contribution in [0.25, 0.3) is 22.0 Å². The number of thioether (sulfide) groups is 1. The van der Waals surface area contributed by atoms with Gasteiger partial charge in [-0.2, -0.15) is 0 Å². The number of aryl methyl sites for hydroxylation is 1. The first kappa shape index (κ1) is 17.4. The van der Waals surface area contributed by atoms with Crippen LogP contribution >= 0.6 is 11.8 Å². The number of oxazole rings is 1. The number of rotatable bonds is 6. The molecule has 2 aromatic heterocycles. The first-order valence-corrected chi connectivity index (χ1v) is 9.35. The third-order valence-corrected chi connectivity index (χ3v) is 4.93. The predicted molar refractivity (Wildman–Crippen MR) is 103 cm³/mol. The standard InChI is InChI=1S/C20H16N2O4S/c1-12-19(13-6-2-3-7-14(13)21-12)16(23)10-25-18(24)11-27-20-22-15-8-4-5-9-17(15)26-20/h2-9,21H,10-11H2,1H3. The van der Waals surface area contributed by atoms with E-state index in [0.717, 1.165) is 33.9 Å². The molecule has 0 aliphatic heterocycles. The molecular formula is C20H16N2O4S. The molecule has 1 N–H and O–H groups in total. The fourth-order valence-electron chi connectivity index (χ4n) is 2.93. The van der Waals surface area contributed by atoms with Crippen LogP contribution in [-0.2, 0) is 9.53 Å². The number of fused-ring (bicyclic) bond motifs is 2. The summed E-state index contributed by atoms with van der Waals surface area (Å²) in [5.41, 5.74) is 3.61. The number of ether oxygens (including phenoxy) is 1. The van der Waals surface area contributed by atoms with Gasteiger partial charge in [0.15, 0.2) is 12.2 Å². The minimum Gasteiger partial charge on any atom is -0.457 e. The molecule has 2 aromatic carbocycles. The van der Waals surface area contributed by atoms with Gasteiger partial charge in [0, 0.05) is 22.2 Å². The Morgan fingerprint density at radius 1 is 1.15 bits per heavy atom. The maximum atomic E-state index is 12.5. The highest BCUT2D eigenvalue weighted by atomic mass is 32.2. The Bertz CT molecular complexity index is 1110. The molecule has 0 fully saturated rings. The lowest BCUT2D eigenvalue weighted by molar-refractivity contribution is -0.139. The molecule has 0 spiro atoms. The van der Waals surface area contributed by atoms with E-state index in [1.165, 1.54) is 0 Å². The Labute approximate surface area is 158 Å². The number of aromatic nitrogens is 2. The Kier molecular flexibility index (Phi) is 4.68. The summed E-state index contributed by atoms with van der Waals surface area (Å²) < 4.78 is 10.7. The molecule has 27 heavy (non-hydrogen) atoms. The van der Waals surface area contributed by atoms with Gasteiger partial charge in [0.2, 0.25) is 5.78 Å². The number of hydrogen-bond acceptors (Lipinski definition) is 6. The molecule has 7 heteroatoms. The Hall–Kier alpha value is -3.06. The summed E-state index contributed by atoms with van der Waals surface area (Å²) in [6.07, 6.45) is 0. The molecule has 0 aliphatic rings. The summed E-state index contributed by atoms with van der Waals surface area (Å²) >= 11 is 1.14. The average Bonchev–Trinajstić information content (AvgIpc) is 3.23. The Morgan fingerprint density at radius 2 is 1.93 bits per heavy atom. The van der Waals surface area contributed by atoms with E-state index in [9.17, 15) is 9.59 Å². The molecule has 0 radical (unpaired) electrons. The van der Waals surface area contributed by atoms with E-state index in [2.05, 4.69) is 9.97 Å². The Balaban J connectivity index is 1.36. The van der Waals surface area contributed by atoms with Gasteiger partial charge in [0.25, 0.3) is 5.22 Å². The predicted octanol–water partition coefficient (Wildman–Crippen LogP) is 4.14. The summed E-state index contributed by atoms with van der Waals surface area (Å²) in [6, 6.07) is 14.9. The summed E-state index contributed by atoms with van der Waals surface area (Å²) in [7, 11) is 0. The summed E-state index contributed by atoms with van der Waals surface area (Å²) in [4.78, 5) is 31.9. The van der Waals surface area contributed by atoms with Crippen LogP contribution < -0.4 is 0 Å². The van der Waals surface area contributed by atoms with Gasteiger partial charge in [-0.3, -0.25) is 9.59 Å². The van der Waals surface area contributed by atoms with E-state index in [1.807, 2.05) is 55.5 Å². The second kappa shape index (κ2) is 7.28. The highest BCUT2D eigenvalue weighted by molar-refractivity contribution is 7.99. The van der Waals surface area contributed by atoms with Gasteiger partial charge in [-0.15, -0.1) is 0 Å². The van der Waals surface area contributed by atoms with Crippen LogP contribution in [0, 0.1) is 6.92 Å². The zero-order valence-electron chi connectivity index (χ0n) is 14.5. The largest absolute Gasteiger partial charge is 0.457 e. The van der Waals surface area contributed by atoms with E-state index in [1.54, 1.807) is 0 Å². The van der Waals surface area contributed by atoms with Crippen molar-refractivity contribution in [2.45, 2.75) is 12.1 Å². The molecule has 2 heterocycles. The first-order valence-electron chi connectivity index (χ1n) is 8.36. The number of nitrogens with zero attached hydrogens (tertiary/aromatic N) is 1. The third-order valence-electron chi connectivity index (χ3n) is 4.12.